The predicted molar refractivity (Wildman–Crippen MR) is 91.0 cm³/mol. The van der Waals surface area contributed by atoms with Crippen molar-refractivity contribution in [3.05, 3.63) is 35.6 Å². The number of carbonyl (C=O) groups excluding carboxylic acids is 1. The van der Waals surface area contributed by atoms with Gasteiger partial charge in [0.25, 0.3) is 0 Å². The summed E-state index contributed by atoms with van der Waals surface area (Å²) in [6, 6.07) is 6.81. The van der Waals surface area contributed by atoms with Crippen molar-refractivity contribution in [1.29, 1.82) is 0 Å². The minimum absolute atomic E-state index is 0.0559. The highest BCUT2D eigenvalue weighted by atomic mass is 19.1. The summed E-state index contributed by atoms with van der Waals surface area (Å²) in [5.74, 6) is 0.264. The summed E-state index contributed by atoms with van der Waals surface area (Å²) in [4.78, 5) is 12.3. The first-order valence-electron chi connectivity index (χ1n) is 8.93. The molecular weight excluding hydrogens is 291 g/mol. The second-order valence-corrected chi connectivity index (χ2v) is 6.72. The number of carbonyl (C=O) groups is 1. The third-order valence-corrected chi connectivity index (χ3v) is 5.40. The molecule has 0 heterocycles. The van der Waals surface area contributed by atoms with E-state index in [0.29, 0.717) is 12.2 Å². The van der Waals surface area contributed by atoms with Crippen LogP contribution in [0.2, 0.25) is 0 Å². The average Bonchev–Trinajstić information content (AvgIpc) is 2.57. The number of unbranched alkanes of at least 4 members (excludes halogenated alkanes) is 1. The largest absolute Gasteiger partial charge is 0.377 e. The van der Waals surface area contributed by atoms with Crippen molar-refractivity contribution in [3.63, 3.8) is 0 Å². The van der Waals surface area contributed by atoms with Gasteiger partial charge in [0.05, 0.1) is 5.60 Å². The summed E-state index contributed by atoms with van der Waals surface area (Å²) < 4.78 is 19.1. The summed E-state index contributed by atoms with van der Waals surface area (Å²) >= 11 is 0. The molecule has 1 aromatic rings. The zero-order valence-corrected chi connectivity index (χ0v) is 14.4. The molecule has 0 saturated heterocycles. The Morgan fingerprint density at radius 3 is 2.78 bits per heavy atom. The second-order valence-electron chi connectivity index (χ2n) is 6.72. The Labute approximate surface area is 139 Å². The maximum atomic E-state index is 13.2. The number of Topliss-reactive ketones (excluding diaryl/α,β-unsaturated/α-hetero) is 1. The van der Waals surface area contributed by atoms with Gasteiger partial charge < -0.3 is 4.74 Å². The maximum Gasteiger partial charge on any atom is 0.138 e. The Bertz CT molecular complexity index is 508. The number of benzene rings is 1. The number of methoxy groups -OCH3 is 1. The highest BCUT2D eigenvalue weighted by molar-refractivity contribution is 5.82. The van der Waals surface area contributed by atoms with Crippen molar-refractivity contribution in [2.45, 2.75) is 70.3 Å². The fourth-order valence-electron chi connectivity index (χ4n) is 3.97. The SMILES string of the molecule is CCC(CCCCc1cccc(F)c1)(OC)C1CCCCC1=O. The van der Waals surface area contributed by atoms with Gasteiger partial charge in [0, 0.05) is 19.4 Å². The minimum atomic E-state index is -0.306. The van der Waals surface area contributed by atoms with Crippen molar-refractivity contribution in [2.75, 3.05) is 7.11 Å². The third-order valence-electron chi connectivity index (χ3n) is 5.40. The van der Waals surface area contributed by atoms with Crippen molar-refractivity contribution in [3.8, 4) is 0 Å². The molecule has 0 aliphatic heterocycles. The number of ketones is 1. The number of rotatable bonds is 8. The van der Waals surface area contributed by atoms with Crippen LogP contribution in [0.4, 0.5) is 4.39 Å². The summed E-state index contributed by atoms with van der Waals surface area (Å²) in [7, 11) is 1.75. The smallest absolute Gasteiger partial charge is 0.138 e. The number of hydrogen-bond acceptors (Lipinski definition) is 2. The molecule has 23 heavy (non-hydrogen) atoms. The van der Waals surface area contributed by atoms with Crippen LogP contribution < -0.4 is 0 Å². The normalized spacial score (nSPS) is 21.2. The third kappa shape index (κ3) is 4.63. The van der Waals surface area contributed by atoms with Crippen molar-refractivity contribution in [1.82, 2.24) is 0 Å². The molecule has 3 heteroatoms. The molecule has 1 fully saturated rings. The zero-order valence-electron chi connectivity index (χ0n) is 14.4. The van der Waals surface area contributed by atoms with Crippen LogP contribution in [0, 0.1) is 11.7 Å². The first kappa shape index (κ1) is 18.1. The van der Waals surface area contributed by atoms with Gasteiger partial charge in [-0.1, -0.05) is 31.9 Å². The molecule has 0 spiro atoms. The molecule has 1 saturated carbocycles. The van der Waals surface area contributed by atoms with Gasteiger partial charge in [0.1, 0.15) is 11.6 Å². The zero-order chi connectivity index (χ0) is 16.7. The van der Waals surface area contributed by atoms with Crippen LogP contribution in [-0.2, 0) is 16.0 Å². The van der Waals surface area contributed by atoms with Gasteiger partial charge >= 0.3 is 0 Å². The van der Waals surface area contributed by atoms with E-state index in [9.17, 15) is 9.18 Å². The lowest BCUT2D eigenvalue weighted by Gasteiger charge is -2.40. The molecule has 0 aromatic heterocycles. The van der Waals surface area contributed by atoms with Gasteiger partial charge in [0.15, 0.2) is 0 Å². The lowest BCUT2D eigenvalue weighted by molar-refractivity contribution is -0.141. The van der Waals surface area contributed by atoms with Crippen LogP contribution in [0.25, 0.3) is 0 Å². The number of hydrogen-bond donors (Lipinski definition) is 0. The van der Waals surface area contributed by atoms with Gasteiger partial charge in [0.2, 0.25) is 0 Å². The van der Waals surface area contributed by atoms with E-state index in [4.69, 9.17) is 4.74 Å². The van der Waals surface area contributed by atoms with Crippen LogP contribution in [0.15, 0.2) is 24.3 Å². The van der Waals surface area contributed by atoms with Gasteiger partial charge in [-0.2, -0.15) is 0 Å². The van der Waals surface area contributed by atoms with E-state index in [0.717, 1.165) is 56.9 Å². The minimum Gasteiger partial charge on any atom is -0.377 e. The predicted octanol–water partition coefficient (Wildman–Crippen LogP) is 5.09. The lowest BCUT2D eigenvalue weighted by Crippen LogP contribution is -2.45. The van der Waals surface area contributed by atoms with Gasteiger partial charge in [-0.15, -0.1) is 0 Å². The molecule has 0 N–H and O–H groups in total. The first-order valence-corrected chi connectivity index (χ1v) is 8.93. The summed E-state index contributed by atoms with van der Waals surface area (Å²) in [5.41, 5.74) is 0.734. The summed E-state index contributed by atoms with van der Waals surface area (Å²) in [6.45, 7) is 2.12. The monoisotopic (exact) mass is 320 g/mol. The van der Waals surface area contributed by atoms with Crippen molar-refractivity contribution in [2.24, 2.45) is 5.92 Å². The van der Waals surface area contributed by atoms with Crippen molar-refractivity contribution < 1.29 is 13.9 Å². The van der Waals surface area contributed by atoms with E-state index >= 15 is 0 Å². The molecule has 1 aliphatic rings. The Balaban J connectivity index is 1.90. The molecule has 2 unspecified atom stereocenters. The maximum absolute atomic E-state index is 13.2. The molecule has 128 valence electrons. The van der Waals surface area contributed by atoms with E-state index < -0.39 is 0 Å². The van der Waals surface area contributed by atoms with E-state index in [-0.39, 0.29) is 17.3 Å². The molecule has 2 nitrogen and oxygen atoms in total. The van der Waals surface area contributed by atoms with Crippen LogP contribution in [0.5, 0.6) is 0 Å². The fraction of sp³-hybridized carbons (Fsp3) is 0.650. The average molecular weight is 320 g/mol. The molecule has 2 atom stereocenters. The molecule has 0 amide bonds. The molecular formula is C20H29FO2. The number of ether oxygens (including phenoxy) is 1. The first-order chi connectivity index (χ1) is 11.1. The van der Waals surface area contributed by atoms with Crippen molar-refractivity contribution >= 4 is 5.78 Å². The Morgan fingerprint density at radius 2 is 2.13 bits per heavy atom. The molecule has 2 rings (SSSR count). The van der Waals surface area contributed by atoms with Crippen LogP contribution in [0.1, 0.15) is 63.9 Å². The summed E-state index contributed by atoms with van der Waals surface area (Å²) in [5, 5.41) is 0. The standard InChI is InChI=1S/C20H29FO2/c1-3-20(23-2,18-12-4-5-13-19(18)22)14-7-6-9-16-10-8-11-17(21)15-16/h8,10-11,15,18H,3-7,9,12-14H2,1-2H3. The Kier molecular flexibility index (Phi) is 6.76. The number of aryl methyl sites for hydroxylation is 1. The van der Waals surface area contributed by atoms with Gasteiger partial charge in [-0.25, -0.2) is 4.39 Å². The molecule has 0 bridgehead atoms. The lowest BCUT2D eigenvalue weighted by atomic mass is 9.72. The molecule has 1 aromatic carbocycles. The van der Waals surface area contributed by atoms with Crippen LogP contribution in [0.3, 0.4) is 0 Å². The number of halogens is 1. The van der Waals surface area contributed by atoms with Gasteiger partial charge in [-0.05, 0) is 56.2 Å². The molecule has 0 radical (unpaired) electrons. The Hall–Kier alpha value is -1.22. The molecule has 1 aliphatic carbocycles. The van der Waals surface area contributed by atoms with Crippen LogP contribution in [-0.4, -0.2) is 18.5 Å². The summed E-state index contributed by atoms with van der Waals surface area (Å²) in [6.07, 6.45) is 8.48. The topological polar surface area (TPSA) is 26.3 Å². The highest BCUT2D eigenvalue weighted by Crippen LogP contribution is 2.38. The van der Waals surface area contributed by atoms with E-state index in [2.05, 4.69) is 6.92 Å². The highest BCUT2D eigenvalue weighted by Gasteiger charge is 2.41. The van der Waals surface area contributed by atoms with Gasteiger partial charge in [-0.3, -0.25) is 4.79 Å². The quantitative estimate of drug-likeness (QED) is 0.623. The van der Waals surface area contributed by atoms with E-state index in [1.807, 2.05) is 6.07 Å². The fourth-order valence-corrected chi connectivity index (χ4v) is 3.97. The van der Waals surface area contributed by atoms with Crippen LogP contribution >= 0.6 is 0 Å². The Morgan fingerprint density at radius 1 is 1.30 bits per heavy atom. The van der Waals surface area contributed by atoms with E-state index in [1.54, 1.807) is 19.2 Å². The van der Waals surface area contributed by atoms with E-state index in [1.165, 1.54) is 6.07 Å². The second kappa shape index (κ2) is 8.58.